The first-order chi connectivity index (χ1) is 11.1. The van der Waals surface area contributed by atoms with Gasteiger partial charge >= 0.3 is 5.97 Å². The van der Waals surface area contributed by atoms with E-state index in [2.05, 4.69) is 24.4 Å². The molecule has 2 fully saturated rings. The minimum Gasteiger partial charge on any atom is -0.469 e. The first kappa shape index (κ1) is 16.4. The van der Waals surface area contributed by atoms with E-state index in [1.165, 1.54) is 12.7 Å². The van der Waals surface area contributed by atoms with Crippen LogP contribution in [0, 0.1) is 5.92 Å². The van der Waals surface area contributed by atoms with Crippen molar-refractivity contribution in [1.29, 1.82) is 0 Å². The summed E-state index contributed by atoms with van der Waals surface area (Å²) in [6.07, 6.45) is 2.19. The van der Waals surface area contributed by atoms with Crippen LogP contribution < -0.4 is 5.32 Å². The number of carbonyl (C=O) groups excluding carboxylic acids is 1. The molecule has 126 valence electrons. The molecule has 1 heterocycles. The van der Waals surface area contributed by atoms with Crippen LogP contribution in [0.3, 0.4) is 0 Å². The predicted molar refractivity (Wildman–Crippen MR) is 85.8 cm³/mol. The Bertz CT molecular complexity index is 527. The SMILES string of the molecule is COC(=O)[C@H]1CC2(CCC1N[C@H](C)c1ccccc1)OCCO2. The van der Waals surface area contributed by atoms with E-state index in [-0.39, 0.29) is 24.0 Å². The van der Waals surface area contributed by atoms with Gasteiger partial charge in [-0.3, -0.25) is 4.79 Å². The predicted octanol–water partition coefficient (Wildman–Crippen LogP) is 2.42. The lowest BCUT2D eigenvalue weighted by molar-refractivity contribution is -0.198. The van der Waals surface area contributed by atoms with Crippen molar-refractivity contribution in [3.8, 4) is 0 Å². The third kappa shape index (κ3) is 3.57. The molecule has 1 saturated carbocycles. The molecule has 1 N–H and O–H groups in total. The summed E-state index contributed by atoms with van der Waals surface area (Å²) in [6, 6.07) is 10.5. The maximum Gasteiger partial charge on any atom is 0.310 e. The average molecular weight is 319 g/mol. The summed E-state index contributed by atoms with van der Waals surface area (Å²) < 4.78 is 16.6. The molecule has 1 aliphatic heterocycles. The zero-order valence-corrected chi connectivity index (χ0v) is 13.8. The van der Waals surface area contributed by atoms with Crippen molar-refractivity contribution in [2.75, 3.05) is 20.3 Å². The molecule has 1 aliphatic carbocycles. The molecule has 0 radical (unpaired) electrons. The smallest absolute Gasteiger partial charge is 0.310 e. The van der Waals surface area contributed by atoms with Gasteiger partial charge in [0.25, 0.3) is 0 Å². The first-order valence-corrected chi connectivity index (χ1v) is 8.30. The fraction of sp³-hybridized carbons (Fsp3) is 0.611. The Morgan fingerprint density at radius 3 is 2.65 bits per heavy atom. The van der Waals surface area contributed by atoms with Gasteiger partial charge in [0.1, 0.15) is 0 Å². The van der Waals surface area contributed by atoms with Crippen LogP contribution in [-0.4, -0.2) is 38.1 Å². The van der Waals surface area contributed by atoms with Crippen LogP contribution in [-0.2, 0) is 19.0 Å². The highest BCUT2D eigenvalue weighted by Gasteiger charge is 2.48. The monoisotopic (exact) mass is 319 g/mol. The van der Waals surface area contributed by atoms with E-state index in [4.69, 9.17) is 14.2 Å². The number of hydrogen-bond acceptors (Lipinski definition) is 5. The lowest BCUT2D eigenvalue weighted by Crippen LogP contribution is -2.51. The summed E-state index contributed by atoms with van der Waals surface area (Å²) in [5, 5.41) is 3.59. The molecule has 3 atom stereocenters. The molecule has 3 rings (SSSR count). The Hall–Kier alpha value is -1.43. The third-order valence-electron chi connectivity index (χ3n) is 4.93. The molecule has 0 bridgehead atoms. The van der Waals surface area contributed by atoms with Gasteiger partial charge in [0.15, 0.2) is 5.79 Å². The molecule has 0 amide bonds. The van der Waals surface area contributed by atoms with E-state index in [0.29, 0.717) is 19.6 Å². The van der Waals surface area contributed by atoms with Gasteiger partial charge in [-0.25, -0.2) is 0 Å². The van der Waals surface area contributed by atoms with Gasteiger partial charge in [-0.1, -0.05) is 30.3 Å². The van der Waals surface area contributed by atoms with Crippen LogP contribution in [0.15, 0.2) is 30.3 Å². The van der Waals surface area contributed by atoms with E-state index in [0.717, 1.165) is 12.8 Å². The van der Waals surface area contributed by atoms with E-state index in [1.807, 2.05) is 18.2 Å². The average Bonchev–Trinajstić information content (AvgIpc) is 3.04. The van der Waals surface area contributed by atoms with Crippen molar-refractivity contribution in [2.45, 2.75) is 44.1 Å². The third-order valence-corrected chi connectivity index (χ3v) is 4.93. The van der Waals surface area contributed by atoms with E-state index >= 15 is 0 Å². The lowest BCUT2D eigenvalue weighted by Gasteiger charge is -2.41. The van der Waals surface area contributed by atoms with Gasteiger partial charge < -0.3 is 19.5 Å². The maximum absolute atomic E-state index is 12.3. The van der Waals surface area contributed by atoms with E-state index < -0.39 is 5.79 Å². The first-order valence-electron chi connectivity index (χ1n) is 8.30. The van der Waals surface area contributed by atoms with Gasteiger partial charge in [-0.05, 0) is 18.9 Å². The second-order valence-electron chi connectivity index (χ2n) is 6.39. The van der Waals surface area contributed by atoms with Crippen LogP contribution >= 0.6 is 0 Å². The van der Waals surface area contributed by atoms with Crippen LogP contribution in [0.1, 0.15) is 37.8 Å². The fourth-order valence-corrected chi connectivity index (χ4v) is 3.67. The molecule has 1 unspecified atom stereocenters. The minimum atomic E-state index is -0.590. The maximum atomic E-state index is 12.3. The van der Waals surface area contributed by atoms with E-state index in [1.54, 1.807) is 0 Å². The van der Waals surface area contributed by atoms with Crippen LogP contribution in [0.2, 0.25) is 0 Å². The number of methoxy groups -OCH3 is 1. The summed E-state index contributed by atoms with van der Waals surface area (Å²) in [6.45, 7) is 3.33. The van der Waals surface area contributed by atoms with Gasteiger partial charge in [0.2, 0.25) is 0 Å². The fourth-order valence-electron chi connectivity index (χ4n) is 3.67. The zero-order valence-electron chi connectivity index (χ0n) is 13.8. The Morgan fingerprint density at radius 2 is 2.00 bits per heavy atom. The van der Waals surface area contributed by atoms with Crippen molar-refractivity contribution >= 4 is 5.97 Å². The lowest BCUT2D eigenvalue weighted by atomic mass is 9.80. The van der Waals surface area contributed by atoms with Crippen molar-refractivity contribution < 1.29 is 19.0 Å². The number of hydrogen-bond donors (Lipinski definition) is 1. The summed E-state index contributed by atoms with van der Waals surface area (Å²) in [4.78, 5) is 12.3. The molecular formula is C18H25NO4. The van der Waals surface area contributed by atoms with E-state index in [9.17, 15) is 4.79 Å². The topological polar surface area (TPSA) is 56.8 Å². The number of carbonyl (C=O) groups is 1. The molecule has 1 aromatic carbocycles. The second kappa shape index (κ2) is 6.99. The molecular weight excluding hydrogens is 294 g/mol. The number of benzene rings is 1. The highest BCUT2D eigenvalue weighted by atomic mass is 16.7. The highest BCUT2D eigenvalue weighted by Crippen LogP contribution is 2.40. The molecule has 5 nitrogen and oxygen atoms in total. The number of nitrogens with one attached hydrogen (secondary N) is 1. The van der Waals surface area contributed by atoms with Crippen molar-refractivity contribution in [1.82, 2.24) is 5.32 Å². The molecule has 5 heteroatoms. The molecule has 0 aromatic heterocycles. The van der Waals surface area contributed by atoms with Gasteiger partial charge in [-0.15, -0.1) is 0 Å². The normalized spacial score (nSPS) is 27.7. The van der Waals surface area contributed by atoms with Gasteiger partial charge in [0.05, 0.1) is 26.2 Å². The summed E-state index contributed by atoms with van der Waals surface area (Å²) in [5.74, 6) is -1.04. The molecule has 1 saturated heterocycles. The number of ether oxygens (including phenoxy) is 3. The quantitative estimate of drug-likeness (QED) is 0.864. The zero-order chi connectivity index (χ0) is 16.3. The molecule has 2 aliphatic rings. The summed E-state index contributed by atoms with van der Waals surface area (Å²) in [7, 11) is 1.44. The van der Waals surface area contributed by atoms with Gasteiger partial charge in [-0.2, -0.15) is 0 Å². The van der Waals surface area contributed by atoms with Crippen LogP contribution in [0.5, 0.6) is 0 Å². The Balaban J connectivity index is 1.71. The van der Waals surface area contributed by atoms with Crippen molar-refractivity contribution in [3.63, 3.8) is 0 Å². The number of rotatable bonds is 4. The highest BCUT2D eigenvalue weighted by molar-refractivity contribution is 5.73. The largest absolute Gasteiger partial charge is 0.469 e. The van der Waals surface area contributed by atoms with Crippen molar-refractivity contribution in [2.24, 2.45) is 5.92 Å². The summed E-state index contributed by atoms with van der Waals surface area (Å²) >= 11 is 0. The van der Waals surface area contributed by atoms with Crippen molar-refractivity contribution in [3.05, 3.63) is 35.9 Å². The number of esters is 1. The Kier molecular flexibility index (Phi) is 4.99. The van der Waals surface area contributed by atoms with Crippen LogP contribution in [0.25, 0.3) is 0 Å². The molecule has 23 heavy (non-hydrogen) atoms. The molecule has 1 spiro atoms. The Labute approximate surface area is 137 Å². The van der Waals surface area contributed by atoms with Gasteiger partial charge in [0, 0.05) is 24.9 Å². The standard InChI is InChI=1S/C18H25NO4/c1-13(14-6-4-3-5-7-14)19-16-8-9-18(22-10-11-23-18)12-15(16)17(20)21-2/h3-7,13,15-16,19H,8-12H2,1-2H3/t13-,15+,16?/m1/s1. The Morgan fingerprint density at radius 1 is 1.30 bits per heavy atom. The molecule has 1 aromatic rings. The second-order valence-corrected chi connectivity index (χ2v) is 6.39. The minimum absolute atomic E-state index is 0.0658. The summed E-state index contributed by atoms with van der Waals surface area (Å²) in [5.41, 5.74) is 1.21. The van der Waals surface area contributed by atoms with Crippen LogP contribution in [0.4, 0.5) is 0 Å².